The van der Waals surface area contributed by atoms with Gasteiger partial charge in [0, 0.05) is 30.1 Å². The lowest BCUT2D eigenvalue weighted by molar-refractivity contribution is -0.133. The summed E-state index contributed by atoms with van der Waals surface area (Å²) in [5, 5.41) is 1.27. The normalized spacial score (nSPS) is 17.3. The third-order valence-electron chi connectivity index (χ3n) is 6.09. The van der Waals surface area contributed by atoms with Gasteiger partial charge in [0.15, 0.2) is 0 Å². The molecule has 2 aromatic carbocycles. The number of amides is 1. The number of para-hydroxylation sites is 1. The van der Waals surface area contributed by atoms with Crippen molar-refractivity contribution in [1.82, 2.24) is 9.88 Å². The molecule has 1 amide bonds. The number of nitrogens with zero attached hydrogens (tertiary/aromatic N) is 1. The van der Waals surface area contributed by atoms with Crippen LogP contribution in [0.5, 0.6) is 5.75 Å². The second-order valence-electron chi connectivity index (χ2n) is 7.94. The molecule has 1 saturated heterocycles. The smallest absolute Gasteiger partial charge is 0.223 e. The van der Waals surface area contributed by atoms with Crippen LogP contribution in [0.3, 0.4) is 0 Å². The number of hydrogen-bond acceptors (Lipinski definition) is 2. The highest BCUT2D eigenvalue weighted by Gasteiger charge is 2.26. The maximum absolute atomic E-state index is 13.1. The number of benzene rings is 2. The summed E-state index contributed by atoms with van der Waals surface area (Å²) in [6.07, 6.45) is 9.01. The zero-order chi connectivity index (χ0) is 20.1. The molecule has 0 spiro atoms. The Kier molecular flexibility index (Phi) is 6.18. The molecule has 0 saturated carbocycles. The molecule has 0 aliphatic carbocycles. The lowest BCUT2D eigenvalue weighted by atomic mass is 10.00. The van der Waals surface area contributed by atoms with E-state index in [-0.39, 0.29) is 11.9 Å². The van der Waals surface area contributed by atoms with E-state index in [0.29, 0.717) is 6.42 Å². The molecule has 1 N–H and O–H groups in total. The highest BCUT2D eigenvalue weighted by molar-refractivity contribution is 5.83. The average Bonchev–Trinajstić information content (AvgIpc) is 3.01. The Morgan fingerprint density at radius 2 is 1.93 bits per heavy atom. The molecular formula is C25H30N2O2. The molecule has 1 aromatic heterocycles. The molecule has 0 radical (unpaired) electrons. The monoisotopic (exact) mass is 390 g/mol. The molecule has 3 aromatic rings. The van der Waals surface area contributed by atoms with E-state index in [1.165, 1.54) is 34.9 Å². The molecule has 1 aliphatic rings. The summed E-state index contributed by atoms with van der Waals surface area (Å²) < 4.78 is 5.29. The van der Waals surface area contributed by atoms with Gasteiger partial charge in [-0.1, -0.05) is 43.2 Å². The van der Waals surface area contributed by atoms with Gasteiger partial charge in [-0.05, 0) is 55.0 Å². The van der Waals surface area contributed by atoms with Crippen molar-refractivity contribution in [3.05, 3.63) is 65.9 Å². The minimum atomic E-state index is 0.184. The Balaban J connectivity index is 1.41. The number of H-pyrrole nitrogens is 1. The number of fused-ring (bicyclic) bond motifs is 1. The van der Waals surface area contributed by atoms with Crippen LogP contribution in [0.15, 0.2) is 54.7 Å². The number of nitrogens with one attached hydrogen (secondary N) is 1. The van der Waals surface area contributed by atoms with Crippen LogP contribution in [-0.4, -0.2) is 29.4 Å². The van der Waals surface area contributed by atoms with E-state index in [1.54, 1.807) is 7.11 Å². The minimum Gasteiger partial charge on any atom is -0.497 e. The zero-order valence-electron chi connectivity index (χ0n) is 17.2. The molecule has 4 heteroatoms. The predicted molar refractivity (Wildman–Crippen MR) is 117 cm³/mol. The first kappa shape index (κ1) is 19.6. The van der Waals surface area contributed by atoms with Crippen molar-refractivity contribution < 1.29 is 9.53 Å². The van der Waals surface area contributed by atoms with Crippen LogP contribution in [0, 0.1) is 0 Å². The SMILES string of the molecule is COc1ccc([C@H]2CCCCCN2C(=O)CCCc2c[nH]c3ccccc23)cc1. The van der Waals surface area contributed by atoms with Crippen LogP contribution in [0.4, 0.5) is 0 Å². The van der Waals surface area contributed by atoms with Crippen molar-refractivity contribution in [2.45, 2.75) is 51.0 Å². The van der Waals surface area contributed by atoms with Gasteiger partial charge in [-0.15, -0.1) is 0 Å². The number of aromatic amines is 1. The second kappa shape index (κ2) is 9.17. The number of hydrogen-bond donors (Lipinski definition) is 1. The summed E-state index contributed by atoms with van der Waals surface area (Å²) >= 11 is 0. The largest absolute Gasteiger partial charge is 0.497 e. The number of likely N-dealkylation sites (tertiary alicyclic amines) is 1. The summed E-state index contributed by atoms with van der Waals surface area (Å²) in [4.78, 5) is 18.6. The summed E-state index contributed by atoms with van der Waals surface area (Å²) in [6, 6.07) is 16.8. The van der Waals surface area contributed by atoms with Crippen LogP contribution >= 0.6 is 0 Å². The summed E-state index contributed by atoms with van der Waals surface area (Å²) in [5.41, 5.74) is 3.69. The van der Waals surface area contributed by atoms with E-state index in [1.807, 2.05) is 18.2 Å². The topological polar surface area (TPSA) is 45.3 Å². The highest BCUT2D eigenvalue weighted by Crippen LogP contribution is 2.32. The van der Waals surface area contributed by atoms with E-state index in [2.05, 4.69) is 46.4 Å². The van der Waals surface area contributed by atoms with Crippen molar-refractivity contribution in [1.29, 1.82) is 0 Å². The quantitative estimate of drug-likeness (QED) is 0.592. The number of rotatable bonds is 6. The maximum atomic E-state index is 13.1. The number of carbonyl (C=O) groups excluding carboxylic acids is 1. The van der Waals surface area contributed by atoms with Gasteiger partial charge in [0.1, 0.15) is 5.75 Å². The van der Waals surface area contributed by atoms with Gasteiger partial charge in [0.25, 0.3) is 0 Å². The van der Waals surface area contributed by atoms with Gasteiger partial charge in [0.2, 0.25) is 5.91 Å². The van der Waals surface area contributed by atoms with E-state index >= 15 is 0 Å². The van der Waals surface area contributed by atoms with Crippen molar-refractivity contribution in [3.63, 3.8) is 0 Å². The van der Waals surface area contributed by atoms with Crippen LogP contribution in [0.25, 0.3) is 10.9 Å². The molecule has 1 aliphatic heterocycles. The minimum absolute atomic E-state index is 0.184. The number of aryl methyl sites for hydroxylation is 1. The van der Waals surface area contributed by atoms with E-state index in [0.717, 1.165) is 38.0 Å². The Bertz CT molecular complexity index is 945. The Morgan fingerprint density at radius 1 is 1.10 bits per heavy atom. The molecule has 0 unspecified atom stereocenters. The van der Waals surface area contributed by atoms with Gasteiger partial charge in [-0.3, -0.25) is 4.79 Å². The van der Waals surface area contributed by atoms with Gasteiger partial charge < -0.3 is 14.6 Å². The van der Waals surface area contributed by atoms with Crippen LogP contribution in [0.1, 0.15) is 55.7 Å². The van der Waals surface area contributed by atoms with Gasteiger partial charge in [-0.25, -0.2) is 0 Å². The van der Waals surface area contributed by atoms with Crippen molar-refractivity contribution in [2.75, 3.05) is 13.7 Å². The van der Waals surface area contributed by atoms with E-state index in [4.69, 9.17) is 4.74 Å². The predicted octanol–water partition coefficient (Wildman–Crippen LogP) is 5.64. The first-order valence-corrected chi connectivity index (χ1v) is 10.7. The number of aromatic nitrogens is 1. The molecule has 1 fully saturated rings. The first-order valence-electron chi connectivity index (χ1n) is 10.7. The highest BCUT2D eigenvalue weighted by atomic mass is 16.5. The number of ether oxygens (including phenoxy) is 1. The van der Waals surface area contributed by atoms with Crippen LogP contribution < -0.4 is 4.74 Å². The molecule has 4 nitrogen and oxygen atoms in total. The van der Waals surface area contributed by atoms with Gasteiger partial charge in [-0.2, -0.15) is 0 Å². The van der Waals surface area contributed by atoms with Crippen molar-refractivity contribution in [3.8, 4) is 5.75 Å². The fourth-order valence-electron chi connectivity index (χ4n) is 4.49. The lowest BCUT2D eigenvalue weighted by Crippen LogP contribution is -2.34. The molecule has 1 atom stereocenters. The fraction of sp³-hybridized carbons (Fsp3) is 0.400. The third kappa shape index (κ3) is 4.47. The Labute approximate surface area is 172 Å². The standard InChI is InChI=1S/C25H30N2O2/c1-29-21-15-13-19(14-16-21)24-11-3-2-6-17-27(24)25(28)12-7-8-20-18-26-23-10-5-4-9-22(20)23/h4-5,9-10,13-16,18,24,26H,2-3,6-8,11-12,17H2,1H3/t24-/m1/s1. The van der Waals surface area contributed by atoms with Crippen molar-refractivity contribution >= 4 is 16.8 Å². The summed E-state index contributed by atoms with van der Waals surface area (Å²) in [7, 11) is 1.68. The Morgan fingerprint density at radius 3 is 2.76 bits per heavy atom. The Hall–Kier alpha value is -2.75. The summed E-state index contributed by atoms with van der Waals surface area (Å²) in [6.45, 7) is 0.864. The molecule has 4 rings (SSSR count). The van der Waals surface area contributed by atoms with E-state index in [9.17, 15) is 4.79 Å². The number of carbonyl (C=O) groups is 1. The van der Waals surface area contributed by atoms with Crippen LogP contribution in [-0.2, 0) is 11.2 Å². The van der Waals surface area contributed by atoms with Gasteiger partial charge in [0.05, 0.1) is 13.2 Å². The zero-order valence-corrected chi connectivity index (χ0v) is 17.2. The van der Waals surface area contributed by atoms with Crippen molar-refractivity contribution in [2.24, 2.45) is 0 Å². The molecule has 29 heavy (non-hydrogen) atoms. The molecule has 152 valence electrons. The number of methoxy groups -OCH3 is 1. The first-order chi connectivity index (χ1) is 14.3. The summed E-state index contributed by atoms with van der Waals surface area (Å²) in [5.74, 6) is 1.14. The average molecular weight is 391 g/mol. The lowest BCUT2D eigenvalue weighted by Gasteiger charge is -2.31. The fourth-order valence-corrected chi connectivity index (χ4v) is 4.49. The second-order valence-corrected chi connectivity index (χ2v) is 7.94. The molecule has 0 bridgehead atoms. The maximum Gasteiger partial charge on any atom is 0.223 e. The van der Waals surface area contributed by atoms with E-state index < -0.39 is 0 Å². The molecular weight excluding hydrogens is 360 g/mol. The third-order valence-corrected chi connectivity index (χ3v) is 6.09. The molecule has 2 heterocycles. The van der Waals surface area contributed by atoms with Gasteiger partial charge >= 0.3 is 0 Å². The van der Waals surface area contributed by atoms with Crippen LogP contribution in [0.2, 0.25) is 0 Å².